The number of carbonyl (C=O) groups excluding carboxylic acids is 1. The van der Waals surface area contributed by atoms with Crippen LogP contribution < -0.4 is 5.32 Å². The molecule has 66 valence electrons. The van der Waals surface area contributed by atoms with Gasteiger partial charge in [-0.05, 0) is 6.07 Å². The Morgan fingerprint density at radius 3 is 3.08 bits per heavy atom. The number of hydrogen-bond donors (Lipinski definition) is 2. The van der Waals surface area contributed by atoms with Gasteiger partial charge in [0, 0.05) is 17.4 Å². The van der Waals surface area contributed by atoms with Gasteiger partial charge in [-0.25, -0.2) is 9.78 Å². The zero-order valence-corrected chi connectivity index (χ0v) is 6.57. The van der Waals surface area contributed by atoms with E-state index in [9.17, 15) is 9.59 Å². The molecule has 0 atom stereocenters. The minimum Gasteiger partial charge on any atom is -0.477 e. The number of aromatic carboxylic acids is 1. The molecule has 1 aliphatic heterocycles. The van der Waals surface area contributed by atoms with Crippen molar-refractivity contribution in [3.05, 3.63) is 23.5 Å². The molecular weight excluding hydrogens is 172 g/mol. The molecule has 0 aromatic carbocycles. The number of aromatic nitrogens is 1. The van der Waals surface area contributed by atoms with Crippen LogP contribution in [0.15, 0.2) is 12.3 Å². The third kappa shape index (κ3) is 1.14. The van der Waals surface area contributed by atoms with Crippen LogP contribution in [0, 0.1) is 0 Å². The van der Waals surface area contributed by atoms with Gasteiger partial charge in [0.15, 0.2) is 5.69 Å². The average molecular weight is 178 g/mol. The van der Waals surface area contributed by atoms with E-state index in [4.69, 9.17) is 5.11 Å². The number of carboxylic acid groups (broad SMARTS) is 1. The summed E-state index contributed by atoms with van der Waals surface area (Å²) in [5.41, 5.74) is 0.980. The summed E-state index contributed by atoms with van der Waals surface area (Å²) in [5, 5.41) is 11.3. The lowest BCUT2D eigenvalue weighted by Gasteiger charge is -1.99. The molecule has 1 aromatic heterocycles. The van der Waals surface area contributed by atoms with Crippen LogP contribution in [-0.4, -0.2) is 22.0 Å². The fraction of sp³-hybridized carbons (Fsp3) is 0.125. The normalized spacial score (nSPS) is 13.7. The summed E-state index contributed by atoms with van der Waals surface area (Å²) in [5.74, 6) is -1.29. The van der Waals surface area contributed by atoms with Crippen molar-refractivity contribution < 1.29 is 14.7 Å². The second-order valence-electron chi connectivity index (χ2n) is 2.72. The molecule has 1 aliphatic rings. The van der Waals surface area contributed by atoms with Gasteiger partial charge in [0.1, 0.15) is 0 Å². The van der Waals surface area contributed by atoms with Crippen molar-refractivity contribution in [1.82, 2.24) is 4.98 Å². The molecule has 0 aliphatic carbocycles. The molecule has 0 bridgehead atoms. The summed E-state index contributed by atoms with van der Waals surface area (Å²) in [6.45, 7) is 0. The first kappa shape index (κ1) is 7.72. The Bertz CT molecular complexity index is 400. The molecule has 0 saturated carbocycles. The topological polar surface area (TPSA) is 79.3 Å². The maximum atomic E-state index is 10.9. The Morgan fingerprint density at radius 2 is 2.38 bits per heavy atom. The van der Waals surface area contributed by atoms with Gasteiger partial charge in [-0.3, -0.25) is 4.79 Å². The lowest BCUT2D eigenvalue weighted by molar-refractivity contribution is -0.115. The highest BCUT2D eigenvalue weighted by molar-refractivity contribution is 6.03. The predicted octanol–water partition coefficient (Wildman–Crippen LogP) is 0.274. The van der Waals surface area contributed by atoms with E-state index in [1.54, 1.807) is 6.07 Å². The lowest BCUT2D eigenvalue weighted by atomic mass is 10.1. The number of anilines is 1. The molecule has 1 aromatic rings. The van der Waals surface area contributed by atoms with Gasteiger partial charge in [-0.2, -0.15) is 0 Å². The monoisotopic (exact) mass is 178 g/mol. The van der Waals surface area contributed by atoms with Crippen LogP contribution in [0.25, 0.3) is 0 Å². The van der Waals surface area contributed by atoms with Crippen LogP contribution in [0.1, 0.15) is 16.1 Å². The molecule has 0 radical (unpaired) electrons. The van der Waals surface area contributed by atoms with E-state index in [0.29, 0.717) is 11.3 Å². The van der Waals surface area contributed by atoms with Crippen LogP contribution in [0.4, 0.5) is 5.69 Å². The Labute approximate surface area is 73.4 Å². The second-order valence-corrected chi connectivity index (χ2v) is 2.72. The van der Waals surface area contributed by atoms with E-state index in [0.717, 1.165) is 0 Å². The summed E-state index contributed by atoms with van der Waals surface area (Å²) >= 11 is 0. The van der Waals surface area contributed by atoms with Gasteiger partial charge < -0.3 is 10.4 Å². The Balaban J connectivity index is 2.57. The van der Waals surface area contributed by atoms with Crippen molar-refractivity contribution in [2.75, 3.05) is 5.32 Å². The minimum atomic E-state index is -1.10. The van der Waals surface area contributed by atoms with Crippen LogP contribution in [0.2, 0.25) is 0 Å². The van der Waals surface area contributed by atoms with E-state index >= 15 is 0 Å². The van der Waals surface area contributed by atoms with E-state index < -0.39 is 5.97 Å². The molecule has 5 nitrogen and oxygen atoms in total. The number of rotatable bonds is 1. The zero-order valence-electron chi connectivity index (χ0n) is 6.57. The second kappa shape index (κ2) is 2.55. The summed E-state index contributed by atoms with van der Waals surface area (Å²) in [7, 11) is 0. The molecule has 1 amide bonds. The van der Waals surface area contributed by atoms with Crippen molar-refractivity contribution in [3.63, 3.8) is 0 Å². The number of nitrogens with one attached hydrogen (secondary N) is 1. The highest BCUT2D eigenvalue weighted by Crippen LogP contribution is 2.24. The van der Waals surface area contributed by atoms with Crippen molar-refractivity contribution in [1.29, 1.82) is 0 Å². The Hall–Kier alpha value is -1.91. The molecular formula is C8H6N2O3. The molecule has 13 heavy (non-hydrogen) atoms. The summed E-state index contributed by atoms with van der Waals surface area (Å²) < 4.78 is 0. The van der Waals surface area contributed by atoms with Gasteiger partial charge in [0.2, 0.25) is 5.91 Å². The van der Waals surface area contributed by atoms with Crippen molar-refractivity contribution in [2.45, 2.75) is 6.42 Å². The van der Waals surface area contributed by atoms with E-state index in [2.05, 4.69) is 10.3 Å². The first-order chi connectivity index (χ1) is 6.18. The highest BCUT2D eigenvalue weighted by Gasteiger charge is 2.24. The maximum Gasteiger partial charge on any atom is 0.354 e. The van der Waals surface area contributed by atoms with E-state index in [1.807, 2.05) is 0 Å². The molecule has 0 saturated heterocycles. The smallest absolute Gasteiger partial charge is 0.354 e. The van der Waals surface area contributed by atoms with Crippen LogP contribution in [0.3, 0.4) is 0 Å². The van der Waals surface area contributed by atoms with Crippen LogP contribution in [0.5, 0.6) is 0 Å². The first-order valence-corrected chi connectivity index (χ1v) is 3.69. The number of carbonyl (C=O) groups is 2. The Morgan fingerprint density at radius 1 is 1.62 bits per heavy atom. The zero-order chi connectivity index (χ0) is 9.42. The van der Waals surface area contributed by atoms with Gasteiger partial charge in [-0.1, -0.05) is 0 Å². The largest absolute Gasteiger partial charge is 0.477 e. The van der Waals surface area contributed by atoms with Gasteiger partial charge in [0.05, 0.1) is 6.42 Å². The molecule has 0 spiro atoms. The first-order valence-electron chi connectivity index (χ1n) is 3.69. The fourth-order valence-corrected chi connectivity index (χ4v) is 1.33. The number of hydrogen-bond acceptors (Lipinski definition) is 3. The third-order valence-corrected chi connectivity index (χ3v) is 1.87. The van der Waals surface area contributed by atoms with Crippen LogP contribution in [-0.2, 0) is 11.2 Å². The van der Waals surface area contributed by atoms with Gasteiger partial charge in [-0.15, -0.1) is 0 Å². The van der Waals surface area contributed by atoms with Gasteiger partial charge >= 0.3 is 5.97 Å². The molecule has 0 unspecified atom stereocenters. The number of nitrogens with zero attached hydrogens (tertiary/aromatic N) is 1. The number of amides is 1. The summed E-state index contributed by atoms with van der Waals surface area (Å²) in [6.07, 6.45) is 1.47. The molecule has 0 fully saturated rings. The van der Waals surface area contributed by atoms with Crippen molar-refractivity contribution in [3.8, 4) is 0 Å². The maximum absolute atomic E-state index is 10.9. The molecule has 2 rings (SSSR count). The quantitative estimate of drug-likeness (QED) is 0.647. The molecule has 2 heterocycles. The van der Waals surface area contributed by atoms with Gasteiger partial charge in [0.25, 0.3) is 0 Å². The summed E-state index contributed by atoms with van der Waals surface area (Å²) in [4.78, 5) is 25.3. The number of fused-ring (bicyclic) bond motifs is 1. The molecule has 2 N–H and O–H groups in total. The van der Waals surface area contributed by atoms with Crippen molar-refractivity contribution in [2.24, 2.45) is 0 Å². The predicted molar refractivity (Wildman–Crippen MR) is 43.5 cm³/mol. The number of carboxylic acids is 1. The van der Waals surface area contributed by atoms with Crippen LogP contribution >= 0.6 is 0 Å². The van der Waals surface area contributed by atoms with E-state index in [-0.39, 0.29) is 18.0 Å². The number of pyridine rings is 1. The standard InChI is InChI=1S/C8H6N2O3/c11-6-3-4-5(10-6)1-2-9-7(4)8(12)13/h1-2H,3H2,(H,10,11)(H,12,13). The molecule has 5 heteroatoms. The average Bonchev–Trinajstić information content (AvgIpc) is 2.43. The Kier molecular flexibility index (Phi) is 1.51. The highest BCUT2D eigenvalue weighted by atomic mass is 16.4. The minimum absolute atomic E-state index is 0.0455. The lowest BCUT2D eigenvalue weighted by Crippen LogP contribution is -2.05. The fourth-order valence-electron chi connectivity index (χ4n) is 1.33. The SMILES string of the molecule is O=C1Cc2c(ccnc2C(=O)O)N1. The summed E-state index contributed by atoms with van der Waals surface area (Å²) in [6, 6.07) is 1.59. The third-order valence-electron chi connectivity index (χ3n) is 1.87. The van der Waals surface area contributed by atoms with Crippen molar-refractivity contribution >= 4 is 17.6 Å². The van der Waals surface area contributed by atoms with E-state index in [1.165, 1.54) is 6.20 Å².